The molecule has 1 aromatic carbocycles. The number of ether oxygens (including phenoxy) is 1. The summed E-state index contributed by atoms with van der Waals surface area (Å²) >= 11 is 0. The van der Waals surface area contributed by atoms with E-state index in [1.165, 1.54) is 16.6 Å². The average Bonchev–Trinajstić information content (AvgIpc) is 3.00. The summed E-state index contributed by atoms with van der Waals surface area (Å²) in [5, 5.41) is 0. The summed E-state index contributed by atoms with van der Waals surface area (Å²) in [6, 6.07) is 6.95. The number of hydrogen-bond donors (Lipinski definition) is 2. The van der Waals surface area contributed by atoms with E-state index in [0.717, 1.165) is 11.3 Å². The van der Waals surface area contributed by atoms with Crippen molar-refractivity contribution < 1.29 is 14.3 Å². The van der Waals surface area contributed by atoms with E-state index in [4.69, 9.17) is 10.5 Å². The lowest BCUT2D eigenvalue weighted by atomic mass is 10.1. The first-order chi connectivity index (χ1) is 15.3. The lowest BCUT2D eigenvalue weighted by Crippen LogP contribution is -2.46. The van der Waals surface area contributed by atoms with Crippen molar-refractivity contribution in [3.8, 4) is 0 Å². The molecular weight excluding hydrogens is 414 g/mol. The van der Waals surface area contributed by atoms with Gasteiger partial charge in [-0.3, -0.25) is 28.8 Å². The first kappa shape index (κ1) is 23.0. The molecule has 10 heteroatoms. The number of nitrogen functional groups attached to an aromatic ring is 1. The third-order valence-corrected chi connectivity index (χ3v) is 5.37. The van der Waals surface area contributed by atoms with Gasteiger partial charge in [-0.05, 0) is 12.5 Å². The van der Waals surface area contributed by atoms with Crippen LogP contribution < -0.4 is 21.9 Å². The van der Waals surface area contributed by atoms with Crippen molar-refractivity contribution in [2.45, 2.75) is 26.3 Å². The topological polar surface area (TPSA) is 131 Å². The molecule has 32 heavy (non-hydrogen) atoms. The maximum atomic E-state index is 13.3. The van der Waals surface area contributed by atoms with Gasteiger partial charge in [0.25, 0.3) is 11.5 Å². The number of aromatic nitrogens is 2. The van der Waals surface area contributed by atoms with E-state index in [1.807, 2.05) is 6.92 Å². The summed E-state index contributed by atoms with van der Waals surface area (Å²) in [4.78, 5) is 55.7. The summed E-state index contributed by atoms with van der Waals surface area (Å²) in [5.74, 6) is -1.01. The Kier molecular flexibility index (Phi) is 6.94. The van der Waals surface area contributed by atoms with Crippen molar-refractivity contribution in [1.29, 1.82) is 0 Å². The summed E-state index contributed by atoms with van der Waals surface area (Å²) in [6.45, 7) is 5.98. The van der Waals surface area contributed by atoms with E-state index in [9.17, 15) is 19.2 Å². The Hall–Kier alpha value is -3.66. The SMILES string of the molecule is C=C1c2ccccc2C(=O)N1CC(=O)N(CCOC)c1c(N)n(CCCC)c(=O)[nH]c1=O. The molecule has 3 rings (SSSR count). The number of H-pyrrole nitrogens is 1. The predicted octanol–water partition coefficient (Wildman–Crippen LogP) is 1.03. The monoisotopic (exact) mass is 441 g/mol. The number of fused-ring (bicyclic) bond motifs is 1. The van der Waals surface area contributed by atoms with Gasteiger partial charge in [-0.25, -0.2) is 4.79 Å². The number of hydrogen-bond acceptors (Lipinski definition) is 6. The first-order valence-electron chi connectivity index (χ1n) is 10.3. The molecule has 1 aromatic heterocycles. The van der Waals surface area contributed by atoms with Crippen LogP contribution in [0.5, 0.6) is 0 Å². The van der Waals surface area contributed by atoms with Crippen molar-refractivity contribution >= 4 is 29.0 Å². The number of unbranched alkanes of at least 4 members (excludes halogenated alkanes) is 1. The van der Waals surface area contributed by atoms with Crippen LogP contribution in [0.15, 0.2) is 40.4 Å². The first-order valence-corrected chi connectivity index (χ1v) is 10.3. The molecule has 1 aliphatic heterocycles. The number of rotatable bonds is 9. The van der Waals surface area contributed by atoms with Crippen LogP contribution in [0, 0.1) is 0 Å². The molecule has 1 aliphatic rings. The van der Waals surface area contributed by atoms with Crippen LogP contribution in [0.1, 0.15) is 35.7 Å². The molecule has 170 valence electrons. The third-order valence-electron chi connectivity index (χ3n) is 5.37. The molecule has 0 spiro atoms. The van der Waals surface area contributed by atoms with Crippen molar-refractivity contribution in [1.82, 2.24) is 14.5 Å². The third kappa shape index (κ3) is 4.22. The summed E-state index contributed by atoms with van der Waals surface area (Å²) in [6.07, 6.45) is 1.48. The van der Waals surface area contributed by atoms with Gasteiger partial charge < -0.3 is 15.4 Å². The molecule has 0 atom stereocenters. The second-order valence-electron chi connectivity index (χ2n) is 7.42. The highest BCUT2D eigenvalue weighted by Crippen LogP contribution is 2.31. The largest absolute Gasteiger partial charge is 0.383 e. The smallest absolute Gasteiger partial charge is 0.330 e. The second kappa shape index (κ2) is 9.65. The Bertz CT molecular complexity index is 1130. The quantitative estimate of drug-likeness (QED) is 0.598. The number of benzene rings is 1. The van der Waals surface area contributed by atoms with E-state index < -0.39 is 17.2 Å². The Morgan fingerprint density at radius 2 is 1.91 bits per heavy atom. The van der Waals surface area contributed by atoms with Gasteiger partial charge in [0.15, 0.2) is 5.69 Å². The minimum absolute atomic E-state index is 0.00997. The molecule has 2 aromatic rings. The molecule has 2 heterocycles. The van der Waals surface area contributed by atoms with Crippen molar-refractivity contribution in [3.63, 3.8) is 0 Å². The normalized spacial score (nSPS) is 12.9. The van der Waals surface area contributed by atoms with Crippen molar-refractivity contribution in [3.05, 3.63) is 62.8 Å². The van der Waals surface area contributed by atoms with Gasteiger partial charge in [0.2, 0.25) is 5.91 Å². The number of nitrogens with two attached hydrogens (primary N) is 1. The number of amides is 2. The highest BCUT2D eigenvalue weighted by molar-refractivity contribution is 6.11. The Morgan fingerprint density at radius 1 is 1.22 bits per heavy atom. The molecule has 0 unspecified atom stereocenters. The van der Waals surface area contributed by atoms with Gasteiger partial charge in [0.1, 0.15) is 12.4 Å². The fourth-order valence-electron chi connectivity index (χ4n) is 3.64. The Balaban J connectivity index is 1.97. The minimum Gasteiger partial charge on any atom is -0.383 e. The average molecular weight is 441 g/mol. The van der Waals surface area contributed by atoms with Crippen LogP contribution in [0.4, 0.5) is 11.5 Å². The molecule has 0 bridgehead atoms. The molecule has 2 amide bonds. The van der Waals surface area contributed by atoms with Crippen molar-refractivity contribution in [2.24, 2.45) is 0 Å². The summed E-state index contributed by atoms with van der Waals surface area (Å²) in [5.41, 5.74) is 6.13. The number of carbonyl (C=O) groups excluding carboxylic acids is 2. The molecule has 10 nitrogen and oxygen atoms in total. The second-order valence-corrected chi connectivity index (χ2v) is 7.42. The lowest BCUT2D eigenvalue weighted by molar-refractivity contribution is -0.118. The molecular formula is C22H27N5O5. The molecule has 0 radical (unpaired) electrons. The van der Waals surface area contributed by atoms with Gasteiger partial charge in [0, 0.05) is 37.0 Å². The van der Waals surface area contributed by atoms with Gasteiger partial charge in [-0.2, -0.15) is 0 Å². The zero-order valence-corrected chi connectivity index (χ0v) is 18.2. The minimum atomic E-state index is -0.778. The highest BCUT2D eigenvalue weighted by atomic mass is 16.5. The number of carbonyl (C=O) groups is 2. The fourth-order valence-corrected chi connectivity index (χ4v) is 3.64. The van der Waals surface area contributed by atoms with E-state index >= 15 is 0 Å². The number of methoxy groups -OCH3 is 1. The van der Waals surface area contributed by atoms with Crippen molar-refractivity contribution in [2.75, 3.05) is 37.4 Å². The van der Waals surface area contributed by atoms with E-state index in [1.54, 1.807) is 24.3 Å². The number of nitrogens with one attached hydrogen (secondary N) is 1. The molecule has 0 fully saturated rings. The fraction of sp³-hybridized carbons (Fsp3) is 0.364. The number of anilines is 2. The van der Waals surface area contributed by atoms with Crippen LogP contribution in [-0.4, -0.2) is 53.1 Å². The Morgan fingerprint density at radius 3 is 2.53 bits per heavy atom. The van der Waals surface area contributed by atoms with Crippen LogP contribution in [0.2, 0.25) is 0 Å². The summed E-state index contributed by atoms with van der Waals surface area (Å²) < 4.78 is 6.33. The Labute approximate surface area is 184 Å². The lowest BCUT2D eigenvalue weighted by Gasteiger charge is -2.26. The predicted molar refractivity (Wildman–Crippen MR) is 121 cm³/mol. The van der Waals surface area contributed by atoms with Gasteiger partial charge in [-0.1, -0.05) is 38.1 Å². The number of nitrogens with zero attached hydrogens (tertiary/aromatic N) is 3. The standard InChI is InChI=1S/C22H27N5O5/c1-4-5-10-26-19(23)18(20(29)24-22(26)31)25(11-12-32-3)17(28)13-27-14(2)15-8-6-7-9-16(15)21(27)30/h6-9H,2,4-5,10-13,23H2,1,3H3,(H,24,29,31). The van der Waals surface area contributed by atoms with Crippen LogP contribution in [0.3, 0.4) is 0 Å². The maximum Gasteiger partial charge on any atom is 0.330 e. The van der Waals surface area contributed by atoms with Gasteiger partial charge in [0.05, 0.1) is 6.61 Å². The van der Waals surface area contributed by atoms with E-state index in [-0.39, 0.29) is 37.1 Å². The molecule has 0 saturated heterocycles. The molecule has 3 N–H and O–H groups in total. The maximum absolute atomic E-state index is 13.3. The van der Waals surface area contributed by atoms with Crippen LogP contribution in [-0.2, 0) is 16.1 Å². The van der Waals surface area contributed by atoms with Gasteiger partial charge >= 0.3 is 5.69 Å². The zero-order valence-electron chi connectivity index (χ0n) is 18.2. The zero-order chi connectivity index (χ0) is 23.4. The van der Waals surface area contributed by atoms with E-state index in [0.29, 0.717) is 29.8 Å². The van der Waals surface area contributed by atoms with Gasteiger partial charge in [-0.15, -0.1) is 0 Å². The summed E-state index contributed by atoms with van der Waals surface area (Å²) in [7, 11) is 1.46. The van der Waals surface area contributed by atoms with Crippen LogP contribution >= 0.6 is 0 Å². The number of aromatic amines is 1. The highest BCUT2D eigenvalue weighted by Gasteiger charge is 2.34. The molecule has 0 saturated carbocycles. The molecule has 0 aliphatic carbocycles. The van der Waals surface area contributed by atoms with E-state index in [2.05, 4.69) is 11.6 Å². The van der Waals surface area contributed by atoms with Crippen LogP contribution in [0.25, 0.3) is 5.70 Å².